The van der Waals surface area contributed by atoms with Gasteiger partial charge in [-0.1, -0.05) is 38.1 Å². The first-order chi connectivity index (χ1) is 6.45. The van der Waals surface area contributed by atoms with Crippen LogP contribution in [0.1, 0.15) is 30.9 Å². The summed E-state index contributed by atoms with van der Waals surface area (Å²) in [6, 6.07) is 8.54. The van der Waals surface area contributed by atoms with Gasteiger partial charge in [-0.3, -0.25) is 0 Å². The molecule has 0 spiro atoms. The Bertz CT molecular complexity index is 254. The molecule has 0 aliphatic carbocycles. The molecule has 0 N–H and O–H groups in total. The minimum Gasteiger partial charge on any atom is -0.174 e. The predicted molar refractivity (Wildman–Crippen MR) is 52.4 cm³/mol. The highest BCUT2D eigenvalue weighted by Gasteiger charge is 1.99. The standard InChI is InChI=1S/C10H14.CHF3/c1-8(2)10-7-5-4-6-9(10)3;2-1(3)4/h4-8H,1-3H3;1H. The van der Waals surface area contributed by atoms with Crippen LogP contribution in [0.3, 0.4) is 0 Å². The molecule has 1 aromatic carbocycles. The summed E-state index contributed by atoms with van der Waals surface area (Å²) in [7, 11) is 0. The minimum absolute atomic E-state index is 0.654. The highest BCUT2D eigenvalue weighted by Crippen LogP contribution is 2.17. The zero-order chi connectivity index (χ0) is 11.1. The van der Waals surface area contributed by atoms with Crippen molar-refractivity contribution in [1.29, 1.82) is 0 Å². The van der Waals surface area contributed by atoms with E-state index in [2.05, 4.69) is 45.0 Å². The summed E-state index contributed by atoms with van der Waals surface area (Å²) in [5.41, 5.74) is 2.86. The lowest BCUT2D eigenvalue weighted by atomic mass is 9.99. The molecule has 0 fully saturated rings. The van der Waals surface area contributed by atoms with Crippen LogP contribution in [-0.2, 0) is 0 Å². The third-order valence-electron chi connectivity index (χ3n) is 1.81. The summed E-state index contributed by atoms with van der Waals surface area (Å²) in [5.74, 6) is 0.654. The molecule has 3 heteroatoms. The lowest BCUT2D eigenvalue weighted by Gasteiger charge is -2.07. The molecule has 0 saturated carbocycles. The Labute approximate surface area is 82.8 Å². The van der Waals surface area contributed by atoms with E-state index in [-0.39, 0.29) is 0 Å². The average Bonchev–Trinajstić information content (AvgIpc) is 2.03. The summed E-state index contributed by atoms with van der Waals surface area (Å²) in [6.45, 7) is 2.94. The average molecular weight is 204 g/mol. The van der Waals surface area contributed by atoms with Gasteiger partial charge in [-0.05, 0) is 24.0 Å². The van der Waals surface area contributed by atoms with Gasteiger partial charge in [0.25, 0.3) is 0 Å². The van der Waals surface area contributed by atoms with Crippen LogP contribution < -0.4 is 0 Å². The van der Waals surface area contributed by atoms with Gasteiger partial charge in [0.1, 0.15) is 0 Å². The number of aryl methyl sites for hydroxylation is 1. The molecule has 0 nitrogen and oxygen atoms in total. The molecule has 0 atom stereocenters. The van der Waals surface area contributed by atoms with E-state index in [9.17, 15) is 13.2 Å². The monoisotopic (exact) mass is 204 g/mol. The van der Waals surface area contributed by atoms with Gasteiger partial charge in [-0.2, -0.15) is 13.2 Å². The fraction of sp³-hybridized carbons (Fsp3) is 0.455. The van der Waals surface area contributed by atoms with E-state index < -0.39 is 6.68 Å². The Morgan fingerprint density at radius 3 is 1.71 bits per heavy atom. The number of hydrogen-bond donors (Lipinski definition) is 0. The fourth-order valence-electron chi connectivity index (χ4n) is 1.23. The third kappa shape index (κ3) is 5.62. The Kier molecular flexibility index (Phi) is 6.00. The maximum atomic E-state index is 9.67. The Morgan fingerprint density at radius 2 is 1.43 bits per heavy atom. The quantitative estimate of drug-likeness (QED) is 0.639. The van der Waals surface area contributed by atoms with E-state index in [1.165, 1.54) is 11.1 Å². The largest absolute Gasteiger partial charge is 0.379 e. The van der Waals surface area contributed by atoms with Crippen molar-refractivity contribution in [3.63, 3.8) is 0 Å². The fourth-order valence-corrected chi connectivity index (χ4v) is 1.23. The first-order valence-electron chi connectivity index (χ1n) is 4.43. The molecule has 1 rings (SSSR count). The molecule has 1 aromatic rings. The highest BCUT2D eigenvalue weighted by molar-refractivity contribution is 5.27. The van der Waals surface area contributed by atoms with E-state index in [4.69, 9.17) is 0 Å². The highest BCUT2D eigenvalue weighted by atomic mass is 19.4. The maximum absolute atomic E-state index is 9.67. The van der Waals surface area contributed by atoms with Gasteiger partial charge in [-0.25, -0.2) is 0 Å². The van der Waals surface area contributed by atoms with Crippen LogP contribution in [0.2, 0.25) is 0 Å². The summed E-state index contributed by atoms with van der Waals surface area (Å²) in [6.07, 6.45) is 0. The first kappa shape index (κ1) is 13.0. The van der Waals surface area contributed by atoms with Crippen molar-refractivity contribution in [2.75, 3.05) is 0 Å². The summed E-state index contributed by atoms with van der Waals surface area (Å²) >= 11 is 0. The van der Waals surface area contributed by atoms with Crippen LogP contribution in [0, 0.1) is 6.92 Å². The molecule has 0 saturated heterocycles. The molecule has 0 radical (unpaired) electrons. The van der Waals surface area contributed by atoms with Gasteiger partial charge in [0.15, 0.2) is 0 Å². The van der Waals surface area contributed by atoms with Crippen LogP contribution in [0.4, 0.5) is 13.2 Å². The van der Waals surface area contributed by atoms with E-state index in [1.807, 2.05) is 0 Å². The van der Waals surface area contributed by atoms with E-state index in [0.29, 0.717) is 5.92 Å². The third-order valence-corrected chi connectivity index (χ3v) is 1.81. The molecule has 0 bridgehead atoms. The number of alkyl halides is 3. The Balaban J connectivity index is 0.000000364. The lowest BCUT2D eigenvalue weighted by molar-refractivity contribution is 0.00819. The number of hydrogen-bond acceptors (Lipinski definition) is 0. The van der Waals surface area contributed by atoms with E-state index in [1.54, 1.807) is 0 Å². The Hall–Kier alpha value is -0.990. The van der Waals surface area contributed by atoms with Crippen molar-refractivity contribution in [2.24, 2.45) is 0 Å². The van der Waals surface area contributed by atoms with Crippen molar-refractivity contribution in [1.82, 2.24) is 0 Å². The topological polar surface area (TPSA) is 0 Å². The van der Waals surface area contributed by atoms with Crippen molar-refractivity contribution < 1.29 is 13.2 Å². The second-order valence-electron chi connectivity index (χ2n) is 3.26. The normalized spacial score (nSPS) is 10.0. The zero-order valence-electron chi connectivity index (χ0n) is 8.60. The molecule has 0 aliphatic rings. The predicted octanol–water partition coefficient (Wildman–Crippen LogP) is 4.30. The van der Waals surface area contributed by atoms with Gasteiger partial charge < -0.3 is 0 Å². The second-order valence-corrected chi connectivity index (χ2v) is 3.26. The minimum atomic E-state index is -3.67. The van der Waals surface area contributed by atoms with Crippen LogP contribution in [-0.4, -0.2) is 6.68 Å². The molecule has 14 heavy (non-hydrogen) atoms. The molecular formula is C11H15F3. The van der Waals surface area contributed by atoms with Gasteiger partial charge in [0, 0.05) is 0 Å². The molecule has 0 amide bonds. The maximum Gasteiger partial charge on any atom is 0.379 e. The SMILES string of the molecule is Cc1ccccc1C(C)C.FC(F)F. The van der Waals surface area contributed by atoms with Crippen LogP contribution in [0.25, 0.3) is 0 Å². The van der Waals surface area contributed by atoms with Crippen LogP contribution >= 0.6 is 0 Å². The lowest BCUT2D eigenvalue weighted by Crippen LogP contribution is -1.89. The van der Waals surface area contributed by atoms with Crippen LogP contribution in [0.15, 0.2) is 24.3 Å². The summed E-state index contributed by atoms with van der Waals surface area (Å²) in [4.78, 5) is 0. The summed E-state index contributed by atoms with van der Waals surface area (Å²) < 4.78 is 29.0. The smallest absolute Gasteiger partial charge is 0.174 e. The first-order valence-corrected chi connectivity index (χ1v) is 4.43. The van der Waals surface area contributed by atoms with Crippen molar-refractivity contribution in [3.8, 4) is 0 Å². The number of rotatable bonds is 1. The molecular weight excluding hydrogens is 189 g/mol. The van der Waals surface area contributed by atoms with Crippen molar-refractivity contribution in [2.45, 2.75) is 33.4 Å². The van der Waals surface area contributed by atoms with Crippen molar-refractivity contribution in [3.05, 3.63) is 35.4 Å². The van der Waals surface area contributed by atoms with Gasteiger partial charge in [0.2, 0.25) is 0 Å². The van der Waals surface area contributed by atoms with Gasteiger partial charge in [-0.15, -0.1) is 0 Å². The zero-order valence-corrected chi connectivity index (χ0v) is 8.60. The van der Waals surface area contributed by atoms with Gasteiger partial charge >= 0.3 is 6.68 Å². The van der Waals surface area contributed by atoms with Crippen LogP contribution in [0.5, 0.6) is 0 Å². The van der Waals surface area contributed by atoms with E-state index >= 15 is 0 Å². The molecule has 0 heterocycles. The number of benzene rings is 1. The molecule has 0 aliphatic heterocycles. The van der Waals surface area contributed by atoms with Gasteiger partial charge in [0.05, 0.1) is 0 Å². The van der Waals surface area contributed by atoms with E-state index in [0.717, 1.165) is 0 Å². The van der Waals surface area contributed by atoms with Crippen molar-refractivity contribution >= 4 is 0 Å². The molecule has 0 unspecified atom stereocenters. The second kappa shape index (κ2) is 6.46. The molecule has 80 valence electrons. The number of halogens is 3. The summed E-state index contributed by atoms with van der Waals surface area (Å²) in [5, 5.41) is 0. The Morgan fingerprint density at radius 1 is 1.00 bits per heavy atom. The molecule has 0 aromatic heterocycles.